The average Bonchev–Trinajstić information content (AvgIpc) is 3.09. The van der Waals surface area contributed by atoms with Crippen LogP contribution in [0.4, 0.5) is 5.69 Å². The summed E-state index contributed by atoms with van der Waals surface area (Å²) in [6.07, 6.45) is -2.54. The number of nitro benzene ring substituents is 1. The van der Waals surface area contributed by atoms with Gasteiger partial charge in [0, 0.05) is 26.0 Å². The van der Waals surface area contributed by atoms with E-state index in [1.165, 1.54) is 24.3 Å². The van der Waals surface area contributed by atoms with Crippen molar-refractivity contribution in [2.24, 2.45) is 0 Å². The van der Waals surface area contributed by atoms with Crippen LogP contribution in [0.5, 0.6) is 5.75 Å². The Bertz CT molecular complexity index is 1020. The van der Waals surface area contributed by atoms with Gasteiger partial charge in [-0.2, -0.15) is 0 Å². The number of esters is 3. The highest BCUT2D eigenvalue weighted by Gasteiger charge is 2.57. The Morgan fingerprint density at radius 3 is 2.30 bits per heavy atom. The third-order valence-corrected chi connectivity index (χ3v) is 4.65. The molecule has 33 heavy (non-hydrogen) atoms. The number of carbonyl (C=O) groups excluding carboxylic acids is 3. The van der Waals surface area contributed by atoms with E-state index in [2.05, 4.69) is 0 Å². The molecule has 2 aromatic rings. The molecule has 1 unspecified atom stereocenters. The molecule has 11 nitrogen and oxygen atoms in total. The predicted molar refractivity (Wildman–Crippen MR) is 110 cm³/mol. The van der Waals surface area contributed by atoms with E-state index in [0.29, 0.717) is 0 Å². The van der Waals surface area contributed by atoms with E-state index in [-0.39, 0.29) is 23.6 Å². The van der Waals surface area contributed by atoms with Crippen LogP contribution in [-0.4, -0.2) is 54.0 Å². The summed E-state index contributed by atoms with van der Waals surface area (Å²) < 4.78 is 27.4. The number of nitrogens with zero attached hydrogens (tertiary/aromatic N) is 1. The summed E-state index contributed by atoms with van der Waals surface area (Å²) in [7, 11) is 0. The number of hydrogen-bond donors (Lipinski definition) is 0. The van der Waals surface area contributed by atoms with Gasteiger partial charge in [0.15, 0.2) is 0 Å². The lowest BCUT2D eigenvalue weighted by atomic mass is 10.00. The van der Waals surface area contributed by atoms with Crippen LogP contribution in [0.1, 0.15) is 24.2 Å². The molecule has 2 aromatic carbocycles. The van der Waals surface area contributed by atoms with Gasteiger partial charge in [-0.15, -0.1) is 0 Å². The molecule has 0 spiro atoms. The zero-order valence-electron chi connectivity index (χ0n) is 17.8. The lowest BCUT2D eigenvalue weighted by Gasteiger charge is -2.32. The zero-order valence-corrected chi connectivity index (χ0v) is 17.8. The van der Waals surface area contributed by atoms with E-state index in [0.717, 1.165) is 13.8 Å². The molecule has 3 atom stereocenters. The first-order valence-electron chi connectivity index (χ1n) is 9.82. The van der Waals surface area contributed by atoms with Crippen LogP contribution in [-0.2, 0) is 28.5 Å². The number of hydrogen-bond acceptors (Lipinski definition) is 10. The molecule has 0 saturated carbocycles. The summed E-state index contributed by atoms with van der Waals surface area (Å²) >= 11 is 0. The van der Waals surface area contributed by atoms with Crippen molar-refractivity contribution < 1.29 is 43.0 Å². The first kappa shape index (κ1) is 23.7. The molecule has 11 heteroatoms. The second-order valence-electron chi connectivity index (χ2n) is 7.18. The number of nitro groups is 1. The third kappa shape index (κ3) is 5.83. The first-order valence-corrected chi connectivity index (χ1v) is 9.82. The average molecular weight is 459 g/mol. The van der Waals surface area contributed by atoms with Gasteiger partial charge in [0.25, 0.3) is 5.69 Å². The molecule has 174 valence electrons. The minimum Gasteiger partial charge on any atom is -0.461 e. The van der Waals surface area contributed by atoms with E-state index in [1.807, 2.05) is 0 Å². The van der Waals surface area contributed by atoms with Gasteiger partial charge >= 0.3 is 17.9 Å². The zero-order chi connectivity index (χ0) is 24.0. The molecule has 1 aliphatic rings. The molecule has 1 saturated heterocycles. The Hall–Kier alpha value is -3.99. The van der Waals surface area contributed by atoms with E-state index in [1.54, 1.807) is 30.3 Å². The summed E-state index contributed by atoms with van der Waals surface area (Å²) in [5, 5.41) is 10.8. The molecule has 0 bridgehead atoms. The van der Waals surface area contributed by atoms with Crippen molar-refractivity contribution >= 4 is 23.6 Å². The molecule has 0 aromatic heterocycles. The highest BCUT2D eigenvalue weighted by Crippen LogP contribution is 2.34. The number of carbonyl (C=O) groups is 3. The van der Waals surface area contributed by atoms with Crippen molar-refractivity contribution in [1.29, 1.82) is 0 Å². The largest absolute Gasteiger partial charge is 0.461 e. The van der Waals surface area contributed by atoms with Gasteiger partial charge < -0.3 is 23.7 Å². The molecule has 0 N–H and O–H groups in total. The molecule has 0 aliphatic carbocycles. The second kappa shape index (κ2) is 10.1. The van der Waals surface area contributed by atoms with Gasteiger partial charge in [0.1, 0.15) is 12.4 Å². The fourth-order valence-corrected chi connectivity index (χ4v) is 3.23. The summed E-state index contributed by atoms with van der Waals surface area (Å²) in [6.45, 7) is 1.52. The van der Waals surface area contributed by atoms with Crippen LogP contribution in [0.25, 0.3) is 0 Å². The second-order valence-corrected chi connectivity index (χ2v) is 7.18. The van der Waals surface area contributed by atoms with Gasteiger partial charge in [-0.1, -0.05) is 18.2 Å². The van der Waals surface area contributed by atoms with E-state index >= 15 is 0 Å². The number of ether oxygens (including phenoxy) is 5. The minimum absolute atomic E-state index is 0.145. The Morgan fingerprint density at radius 2 is 1.73 bits per heavy atom. The summed E-state index contributed by atoms with van der Waals surface area (Å²) in [6, 6.07) is 13.3. The monoisotopic (exact) mass is 459 g/mol. The maximum atomic E-state index is 12.4. The topological polar surface area (TPSA) is 141 Å². The highest BCUT2D eigenvalue weighted by molar-refractivity contribution is 5.89. The lowest BCUT2D eigenvalue weighted by Crippen LogP contribution is -2.54. The van der Waals surface area contributed by atoms with E-state index in [9.17, 15) is 24.5 Å². The van der Waals surface area contributed by atoms with E-state index < -0.39 is 47.4 Å². The maximum Gasteiger partial charge on any atom is 0.338 e. The molecule has 1 aliphatic heterocycles. The predicted octanol–water partition coefficient (Wildman–Crippen LogP) is 2.42. The quantitative estimate of drug-likeness (QED) is 0.250. The van der Waals surface area contributed by atoms with Crippen LogP contribution in [0.3, 0.4) is 0 Å². The van der Waals surface area contributed by atoms with Gasteiger partial charge in [0.2, 0.25) is 18.0 Å². The molecular weight excluding hydrogens is 438 g/mol. The van der Waals surface area contributed by atoms with Gasteiger partial charge in [0.05, 0.1) is 17.1 Å². The Kier molecular flexibility index (Phi) is 7.23. The minimum atomic E-state index is -1.67. The summed E-state index contributed by atoms with van der Waals surface area (Å²) in [5.74, 6) is -1.93. The number of rotatable bonds is 8. The number of non-ortho nitro benzene ring substituents is 1. The fraction of sp³-hybridized carbons (Fsp3) is 0.318. The first-order chi connectivity index (χ1) is 15.7. The van der Waals surface area contributed by atoms with Crippen molar-refractivity contribution in [3.8, 4) is 5.75 Å². The Morgan fingerprint density at radius 1 is 1.06 bits per heavy atom. The van der Waals surface area contributed by atoms with Crippen molar-refractivity contribution in [3.05, 3.63) is 70.3 Å². The molecule has 0 radical (unpaired) electrons. The normalized spacial score (nSPS) is 21.6. The van der Waals surface area contributed by atoms with E-state index in [4.69, 9.17) is 23.7 Å². The van der Waals surface area contributed by atoms with Crippen molar-refractivity contribution in [2.45, 2.75) is 31.8 Å². The smallest absolute Gasteiger partial charge is 0.338 e. The van der Waals surface area contributed by atoms with Gasteiger partial charge in [-0.05, 0) is 24.3 Å². The Labute approximate surface area is 188 Å². The molecule has 1 fully saturated rings. The lowest BCUT2D eigenvalue weighted by molar-refractivity contribution is -0.384. The standard InChI is InChI=1S/C22H21NO10/c1-14(24)31-19-21(32-18-10-8-17(9-11-18)23(27)28)30-13-22(19,33-15(2)25)12-29-20(26)16-6-4-3-5-7-16/h3-11,19,21H,12-13H2,1-2H3/t19-,21?,22+/m0/s1. The van der Waals surface area contributed by atoms with Crippen LogP contribution in [0, 0.1) is 10.1 Å². The maximum absolute atomic E-state index is 12.4. The van der Waals surface area contributed by atoms with Crippen molar-refractivity contribution in [3.63, 3.8) is 0 Å². The molecular formula is C22H21NO10. The fourth-order valence-electron chi connectivity index (χ4n) is 3.23. The van der Waals surface area contributed by atoms with Crippen LogP contribution < -0.4 is 4.74 Å². The van der Waals surface area contributed by atoms with Crippen LogP contribution >= 0.6 is 0 Å². The molecule has 3 rings (SSSR count). The van der Waals surface area contributed by atoms with Crippen LogP contribution in [0.2, 0.25) is 0 Å². The molecule has 0 amide bonds. The third-order valence-electron chi connectivity index (χ3n) is 4.65. The van der Waals surface area contributed by atoms with Gasteiger partial charge in [-0.25, -0.2) is 4.79 Å². The number of benzene rings is 2. The highest BCUT2D eigenvalue weighted by atomic mass is 16.7. The molecule has 1 heterocycles. The van der Waals surface area contributed by atoms with Crippen molar-refractivity contribution in [2.75, 3.05) is 13.2 Å². The van der Waals surface area contributed by atoms with Gasteiger partial charge in [-0.3, -0.25) is 19.7 Å². The summed E-state index contributed by atoms with van der Waals surface area (Å²) in [5.41, 5.74) is -1.54. The Balaban J connectivity index is 1.82. The SMILES string of the molecule is CC(=O)O[C@H]1C(Oc2ccc([N+](=O)[O-])cc2)OC[C@@]1(COC(=O)c1ccccc1)OC(C)=O. The summed E-state index contributed by atoms with van der Waals surface area (Å²) in [4.78, 5) is 46.3. The van der Waals surface area contributed by atoms with Crippen LogP contribution in [0.15, 0.2) is 54.6 Å². The van der Waals surface area contributed by atoms with Crippen molar-refractivity contribution in [1.82, 2.24) is 0 Å².